The van der Waals surface area contributed by atoms with Crippen LogP contribution in [0.4, 0.5) is 4.79 Å². The van der Waals surface area contributed by atoms with Gasteiger partial charge < -0.3 is 15.0 Å². The van der Waals surface area contributed by atoms with Gasteiger partial charge in [0.1, 0.15) is 0 Å². The molecular weight excluding hydrogens is 204 g/mol. The highest BCUT2D eigenvalue weighted by Crippen LogP contribution is 2.27. The fourth-order valence-corrected chi connectivity index (χ4v) is 2.28. The van der Waals surface area contributed by atoms with Crippen molar-refractivity contribution in [2.45, 2.75) is 52.2 Å². The molecule has 0 spiro atoms. The minimum absolute atomic E-state index is 0.0197. The smallest absolute Gasteiger partial charge is 0.317 e. The Kier molecular flexibility index (Phi) is 3.84. The normalized spacial score (nSPS) is 22.9. The number of hydrogen-bond acceptors (Lipinski definition) is 2. The number of ether oxygens (including phenoxy) is 1. The second-order valence-corrected chi connectivity index (χ2v) is 5.71. The number of rotatable bonds is 2. The Morgan fingerprint density at radius 1 is 1.25 bits per heavy atom. The average molecular weight is 228 g/mol. The van der Waals surface area contributed by atoms with Gasteiger partial charge in [0, 0.05) is 6.54 Å². The minimum Gasteiger partial charge on any atom is -0.366 e. The molecule has 1 heterocycles. The minimum atomic E-state index is -0.273. The van der Waals surface area contributed by atoms with Gasteiger partial charge in [-0.05, 0) is 34.1 Å². The average Bonchev–Trinajstić information content (AvgIpc) is 2.09. The zero-order chi connectivity index (χ0) is 12.4. The first-order valence-corrected chi connectivity index (χ1v) is 5.99. The number of carbonyl (C=O) groups excluding carboxylic acids is 1. The van der Waals surface area contributed by atoms with Crippen molar-refractivity contribution >= 4 is 6.03 Å². The third-order valence-electron chi connectivity index (χ3n) is 2.51. The predicted octanol–water partition coefficient (Wildman–Crippen LogP) is 2.00. The van der Waals surface area contributed by atoms with Crippen molar-refractivity contribution in [3.8, 4) is 0 Å². The van der Waals surface area contributed by atoms with Crippen LogP contribution in [0.2, 0.25) is 0 Å². The second kappa shape index (κ2) is 4.62. The zero-order valence-electron chi connectivity index (χ0n) is 11.1. The maximum atomic E-state index is 11.9. The third kappa shape index (κ3) is 3.67. The van der Waals surface area contributed by atoms with Crippen LogP contribution in [-0.4, -0.2) is 41.8 Å². The fourth-order valence-electron chi connectivity index (χ4n) is 2.28. The van der Waals surface area contributed by atoms with Crippen molar-refractivity contribution < 1.29 is 9.53 Å². The highest BCUT2D eigenvalue weighted by Gasteiger charge is 2.39. The summed E-state index contributed by atoms with van der Waals surface area (Å²) in [6.07, 6.45) is 0.961. The lowest BCUT2D eigenvalue weighted by Gasteiger charge is -2.46. The first-order chi connectivity index (χ1) is 7.26. The molecule has 4 nitrogen and oxygen atoms in total. The van der Waals surface area contributed by atoms with Gasteiger partial charge in [0.25, 0.3) is 0 Å². The van der Waals surface area contributed by atoms with Crippen LogP contribution in [-0.2, 0) is 4.74 Å². The Morgan fingerprint density at radius 3 is 2.19 bits per heavy atom. The SMILES string of the molecule is CCCNC(=O)N1CC(C)(C)OC(C)(C)C1. The van der Waals surface area contributed by atoms with Gasteiger partial charge in [-0.2, -0.15) is 0 Å². The zero-order valence-corrected chi connectivity index (χ0v) is 11.1. The van der Waals surface area contributed by atoms with Crippen molar-refractivity contribution in [2.24, 2.45) is 0 Å². The molecule has 0 radical (unpaired) electrons. The van der Waals surface area contributed by atoms with Gasteiger partial charge in [-0.15, -0.1) is 0 Å². The summed E-state index contributed by atoms with van der Waals surface area (Å²) >= 11 is 0. The molecular formula is C12H24N2O2. The summed E-state index contributed by atoms with van der Waals surface area (Å²) in [5.41, 5.74) is -0.545. The quantitative estimate of drug-likeness (QED) is 0.785. The first-order valence-electron chi connectivity index (χ1n) is 5.99. The Hall–Kier alpha value is -0.770. The van der Waals surface area contributed by atoms with Gasteiger partial charge in [0.15, 0.2) is 0 Å². The summed E-state index contributed by atoms with van der Waals surface area (Å²) < 4.78 is 5.92. The van der Waals surface area contributed by atoms with Crippen LogP contribution in [0, 0.1) is 0 Å². The monoisotopic (exact) mass is 228 g/mol. The molecule has 4 heteroatoms. The van der Waals surface area contributed by atoms with Crippen LogP contribution >= 0.6 is 0 Å². The van der Waals surface area contributed by atoms with E-state index in [0.29, 0.717) is 13.1 Å². The van der Waals surface area contributed by atoms with E-state index in [1.165, 1.54) is 0 Å². The number of hydrogen-bond donors (Lipinski definition) is 1. The molecule has 1 N–H and O–H groups in total. The van der Waals surface area contributed by atoms with Crippen LogP contribution in [0.25, 0.3) is 0 Å². The Morgan fingerprint density at radius 2 is 1.75 bits per heavy atom. The number of nitrogens with one attached hydrogen (secondary N) is 1. The molecule has 16 heavy (non-hydrogen) atoms. The van der Waals surface area contributed by atoms with Crippen LogP contribution in [0.15, 0.2) is 0 Å². The third-order valence-corrected chi connectivity index (χ3v) is 2.51. The molecule has 2 amide bonds. The van der Waals surface area contributed by atoms with Gasteiger partial charge in [-0.3, -0.25) is 0 Å². The molecule has 1 aliphatic heterocycles. The van der Waals surface area contributed by atoms with Crippen LogP contribution in [0.1, 0.15) is 41.0 Å². The van der Waals surface area contributed by atoms with Crippen molar-refractivity contribution in [1.82, 2.24) is 10.2 Å². The predicted molar refractivity (Wildman–Crippen MR) is 64.5 cm³/mol. The van der Waals surface area contributed by atoms with E-state index in [1.54, 1.807) is 0 Å². The van der Waals surface area contributed by atoms with E-state index in [4.69, 9.17) is 4.74 Å². The lowest BCUT2D eigenvalue weighted by atomic mass is 9.99. The number of urea groups is 1. The van der Waals surface area contributed by atoms with Crippen molar-refractivity contribution in [2.75, 3.05) is 19.6 Å². The van der Waals surface area contributed by atoms with Crippen LogP contribution < -0.4 is 5.32 Å². The van der Waals surface area contributed by atoms with Gasteiger partial charge in [-0.25, -0.2) is 4.79 Å². The van der Waals surface area contributed by atoms with Crippen molar-refractivity contribution in [3.63, 3.8) is 0 Å². The summed E-state index contributed by atoms with van der Waals surface area (Å²) in [6, 6.07) is 0.0197. The molecule has 0 aromatic carbocycles. The van der Waals surface area contributed by atoms with Crippen molar-refractivity contribution in [1.29, 1.82) is 0 Å². The number of morpholine rings is 1. The highest BCUT2D eigenvalue weighted by molar-refractivity contribution is 5.74. The van der Waals surface area contributed by atoms with E-state index >= 15 is 0 Å². The molecule has 94 valence electrons. The molecule has 1 saturated heterocycles. The molecule has 0 aliphatic carbocycles. The molecule has 0 unspecified atom stereocenters. The van der Waals surface area contributed by atoms with Gasteiger partial charge in [0.2, 0.25) is 0 Å². The first kappa shape index (κ1) is 13.3. The lowest BCUT2D eigenvalue weighted by molar-refractivity contribution is -0.170. The number of amides is 2. The van der Waals surface area contributed by atoms with Gasteiger partial charge in [-0.1, -0.05) is 6.92 Å². The summed E-state index contributed by atoms with van der Waals surface area (Å²) in [6.45, 7) is 12.2. The van der Waals surface area contributed by atoms with Gasteiger partial charge >= 0.3 is 6.03 Å². The molecule has 1 rings (SSSR count). The van der Waals surface area contributed by atoms with E-state index in [1.807, 2.05) is 39.5 Å². The largest absolute Gasteiger partial charge is 0.366 e. The van der Waals surface area contributed by atoms with E-state index < -0.39 is 0 Å². The molecule has 0 aromatic heterocycles. The Bertz CT molecular complexity index is 246. The Balaban J connectivity index is 2.63. The number of carbonyl (C=O) groups is 1. The molecule has 0 bridgehead atoms. The van der Waals surface area contributed by atoms with E-state index in [0.717, 1.165) is 13.0 Å². The molecule has 1 aliphatic rings. The van der Waals surface area contributed by atoms with Crippen LogP contribution in [0.3, 0.4) is 0 Å². The van der Waals surface area contributed by atoms with Crippen LogP contribution in [0.5, 0.6) is 0 Å². The van der Waals surface area contributed by atoms with E-state index in [9.17, 15) is 4.79 Å². The summed E-state index contributed by atoms with van der Waals surface area (Å²) in [4.78, 5) is 13.7. The highest BCUT2D eigenvalue weighted by atomic mass is 16.5. The summed E-state index contributed by atoms with van der Waals surface area (Å²) in [5.74, 6) is 0. The molecule has 0 saturated carbocycles. The topological polar surface area (TPSA) is 41.6 Å². The maximum Gasteiger partial charge on any atom is 0.317 e. The molecule has 1 fully saturated rings. The van der Waals surface area contributed by atoms with E-state index in [-0.39, 0.29) is 17.2 Å². The molecule has 0 atom stereocenters. The second-order valence-electron chi connectivity index (χ2n) is 5.71. The summed E-state index contributed by atoms with van der Waals surface area (Å²) in [7, 11) is 0. The summed E-state index contributed by atoms with van der Waals surface area (Å²) in [5, 5.41) is 2.91. The molecule has 0 aromatic rings. The van der Waals surface area contributed by atoms with Crippen molar-refractivity contribution in [3.05, 3.63) is 0 Å². The standard InChI is InChI=1S/C12H24N2O2/c1-6-7-13-10(15)14-8-11(2,3)16-12(4,5)9-14/h6-9H2,1-5H3,(H,13,15). The van der Waals surface area contributed by atoms with E-state index in [2.05, 4.69) is 5.32 Å². The maximum absolute atomic E-state index is 11.9. The lowest BCUT2D eigenvalue weighted by Crippen LogP contribution is -2.60. The van der Waals surface area contributed by atoms with Gasteiger partial charge in [0.05, 0.1) is 24.3 Å². The fraction of sp³-hybridized carbons (Fsp3) is 0.917. The number of nitrogens with zero attached hydrogens (tertiary/aromatic N) is 1. The Labute approximate surface area is 98.3 Å².